The first kappa shape index (κ1) is 12.5. The van der Waals surface area contributed by atoms with Crippen molar-refractivity contribution in [2.45, 2.75) is 13.5 Å². The molecule has 2 aromatic carbocycles. The lowest BCUT2D eigenvalue weighted by Crippen LogP contribution is -2.02. The van der Waals surface area contributed by atoms with Gasteiger partial charge in [0.15, 0.2) is 0 Å². The fourth-order valence-corrected chi connectivity index (χ4v) is 2.40. The molecule has 0 aliphatic rings. The van der Waals surface area contributed by atoms with Gasteiger partial charge in [0.1, 0.15) is 17.3 Å². The van der Waals surface area contributed by atoms with E-state index in [4.69, 9.17) is 10.7 Å². The van der Waals surface area contributed by atoms with Gasteiger partial charge < -0.3 is 10.3 Å². The molecule has 3 nitrogen and oxygen atoms in total. The molecule has 0 aliphatic heterocycles. The highest BCUT2D eigenvalue weighted by atomic mass is 15.1. The lowest BCUT2D eigenvalue weighted by atomic mass is 10.1. The van der Waals surface area contributed by atoms with Gasteiger partial charge in [0, 0.05) is 17.7 Å². The molecule has 3 rings (SSSR count). The molecule has 0 radical (unpaired) electrons. The molecule has 0 bridgehead atoms. The Morgan fingerprint density at radius 1 is 0.900 bits per heavy atom. The standard InChI is InChI=1S/C17H17N3/c1-2-20-16(18)15(13-9-5-3-6-10-13)19-17(20)14-11-7-4-8-12-14/h3-12H,2,18H2,1H3. The van der Waals surface area contributed by atoms with E-state index in [1.165, 1.54) is 0 Å². The summed E-state index contributed by atoms with van der Waals surface area (Å²) in [6.07, 6.45) is 0. The van der Waals surface area contributed by atoms with E-state index in [0.29, 0.717) is 0 Å². The van der Waals surface area contributed by atoms with Crippen molar-refractivity contribution in [1.82, 2.24) is 9.55 Å². The van der Waals surface area contributed by atoms with Crippen LogP contribution in [0.5, 0.6) is 0 Å². The minimum absolute atomic E-state index is 0.720. The Hall–Kier alpha value is -2.55. The molecule has 3 aromatic rings. The Bertz CT molecular complexity index is 700. The number of nitrogen functional groups attached to an aromatic ring is 1. The molecule has 20 heavy (non-hydrogen) atoms. The van der Waals surface area contributed by atoms with E-state index in [2.05, 4.69) is 23.6 Å². The highest BCUT2D eigenvalue weighted by molar-refractivity contribution is 5.75. The van der Waals surface area contributed by atoms with Gasteiger partial charge in [-0.05, 0) is 6.92 Å². The number of imidazole rings is 1. The van der Waals surface area contributed by atoms with Gasteiger partial charge in [-0.1, -0.05) is 60.7 Å². The topological polar surface area (TPSA) is 43.8 Å². The first-order valence-electron chi connectivity index (χ1n) is 6.78. The first-order chi connectivity index (χ1) is 9.81. The molecule has 0 atom stereocenters. The minimum atomic E-state index is 0.720. The van der Waals surface area contributed by atoms with E-state index in [-0.39, 0.29) is 0 Å². The summed E-state index contributed by atoms with van der Waals surface area (Å²) in [5.41, 5.74) is 9.27. The van der Waals surface area contributed by atoms with Gasteiger partial charge in [0.05, 0.1) is 0 Å². The monoisotopic (exact) mass is 263 g/mol. The summed E-state index contributed by atoms with van der Waals surface area (Å²) in [5, 5.41) is 0. The van der Waals surface area contributed by atoms with Crippen LogP contribution in [-0.4, -0.2) is 9.55 Å². The Balaban J connectivity index is 2.18. The van der Waals surface area contributed by atoms with Crippen molar-refractivity contribution in [3.63, 3.8) is 0 Å². The van der Waals surface area contributed by atoms with Crippen LogP contribution in [0.2, 0.25) is 0 Å². The van der Waals surface area contributed by atoms with Crippen molar-refractivity contribution < 1.29 is 0 Å². The lowest BCUT2D eigenvalue weighted by Gasteiger charge is -2.06. The van der Waals surface area contributed by atoms with E-state index >= 15 is 0 Å². The molecular weight excluding hydrogens is 246 g/mol. The molecule has 0 unspecified atom stereocenters. The smallest absolute Gasteiger partial charge is 0.142 e. The van der Waals surface area contributed by atoms with E-state index in [1.54, 1.807) is 0 Å². The summed E-state index contributed by atoms with van der Waals surface area (Å²) in [6.45, 7) is 2.88. The molecule has 100 valence electrons. The second kappa shape index (κ2) is 5.21. The predicted octanol–water partition coefficient (Wildman–Crippen LogP) is 3.82. The maximum absolute atomic E-state index is 6.28. The van der Waals surface area contributed by atoms with Crippen LogP contribution in [0.15, 0.2) is 60.7 Å². The molecule has 1 aromatic heterocycles. The summed E-state index contributed by atoms with van der Waals surface area (Å²) in [6, 6.07) is 20.2. The Morgan fingerprint density at radius 2 is 1.45 bits per heavy atom. The second-order valence-corrected chi connectivity index (χ2v) is 4.65. The van der Waals surface area contributed by atoms with Gasteiger partial charge in [-0.3, -0.25) is 0 Å². The van der Waals surface area contributed by atoms with Crippen LogP contribution in [-0.2, 0) is 6.54 Å². The van der Waals surface area contributed by atoms with E-state index in [0.717, 1.165) is 35.0 Å². The van der Waals surface area contributed by atoms with Crippen molar-refractivity contribution in [2.75, 3.05) is 5.73 Å². The number of aromatic nitrogens is 2. The third kappa shape index (κ3) is 2.07. The van der Waals surface area contributed by atoms with Crippen molar-refractivity contribution in [3.05, 3.63) is 60.7 Å². The second-order valence-electron chi connectivity index (χ2n) is 4.65. The fourth-order valence-electron chi connectivity index (χ4n) is 2.40. The third-order valence-electron chi connectivity index (χ3n) is 3.40. The Morgan fingerprint density at radius 3 is 2.00 bits per heavy atom. The van der Waals surface area contributed by atoms with Crippen LogP contribution in [0, 0.1) is 0 Å². The molecule has 0 saturated heterocycles. The molecule has 1 heterocycles. The van der Waals surface area contributed by atoms with Crippen molar-refractivity contribution in [3.8, 4) is 22.6 Å². The van der Waals surface area contributed by atoms with Crippen molar-refractivity contribution in [1.29, 1.82) is 0 Å². The average molecular weight is 263 g/mol. The summed E-state index contributed by atoms with van der Waals surface area (Å²) in [7, 11) is 0. The number of nitrogens with zero attached hydrogens (tertiary/aromatic N) is 2. The average Bonchev–Trinajstić information content (AvgIpc) is 2.86. The largest absolute Gasteiger partial charge is 0.383 e. The SMILES string of the molecule is CCn1c(-c2ccccc2)nc(-c2ccccc2)c1N. The van der Waals surface area contributed by atoms with Gasteiger partial charge in [0.2, 0.25) is 0 Å². The van der Waals surface area contributed by atoms with Crippen LogP contribution in [0.3, 0.4) is 0 Å². The molecule has 0 spiro atoms. The molecule has 0 saturated carbocycles. The first-order valence-corrected chi connectivity index (χ1v) is 6.78. The molecule has 0 fully saturated rings. The third-order valence-corrected chi connectivity index (χ3v) is 3.40. The van der Waals surface area contributed by atoms with Gasteiger partial charge in [-0.15, -0.1) is 0 Å². The number of benzene rings is 2. The van der Waals surface area contributed by atoms with E-state index in [9.17, 15) is 0 Å². The molecule has 2 N–H and O–H groups in total. The quantitative estimate of drug-likeness (QED) is 0.780. The van der Waals surface area contributed by atoms with Gasteiger partial charge in [-0.25, -0.2) is 4.98 Å². The zero-order valence-electron chi connectivity index (χ0n) is 11.5. The maximum Gasteiger partial charge on any atom is 0.142 e. The molecule has 3 heteroatoms. The van der Waals surface area contributed by atoms with Crippen LogP contribution >= 0.6 is 0 Å². The van der Waals surface area contributed by atoms with Crippen molar-refractivity contribution in [2.24, 2.45) is 0 Å². The van der Waals surface area contributed by atoms with E-state index in [1.807, 2.05) is 48.5 Å². The van der Waals surface area contributed by atoms with Gasteiger partial charge in [0.25, 0.3) is 0 Å². The molecule has 0 amide bonds. The van der Waals surface area contributed by atoms with Gasteiger partial charge >= 0.3 is 0 Å². The van der Waals surface area contributed by atoms with Crippen molar-refractivity contribution >= 4 is 5.82 Å². The summed E-state index contributed by atoms with van der Waals surface area (Å²) < 4.78 is 2.05. The molecular formula is C17H17N3. The zero-order chi connectivity index (χ0) is 13.9. The summed E-state index contributed by atoms with van der Waals surface area (Å²) in [5.74, 6) is 1.64. The highest BCUT2D eigenvalue weighted by Crippen LogP contribution is 2.30. The number of hydrogen-bond acceptors (Lipinski definition) is 2. The lowest BCUT2D eigenvalue weighted by molar-refractivity contribution is 0.781. The zero-order valence-corrected chi connectivity index (χ0v) is 11.5. The van der Waals surface area contributed by atoms with Crippen LogP contribution in [0.4, 0.5) is 5.82 Å². The number of rotatable bonds is 3. The number of hydrogen-bond donors (Lipinski definition) is 1. The summed E-state index contributed by atoms with van der Waals surface area (Å²) >= 11 is 0. The summed E-state index contributed by atoms with van der Waals surface area (Å²) in [4.78, 5) is 4.76. The van der Waals surface area contributed by atoms with Crippen LogP contribution in [0.1, 0.15) is 6.92 Å². The molecule has 0 aliphatic carbocycles. The van der Waals surface area contributed by atoms with Crippen LogP contribution in [0.25, 0.3) is 22.6 Å². The van der Waals surface area contributed by atoms with E-state index < -0.39 is 0 Å². The predicted molar refractivity (Wildman–Crippen MR) is 83.2 cm³/mol. The number of anilines is 1. The highest BCUT2D eigenvalue weighted by Gasteiger charge is 2.15. The Labute approximate surface area is 118 Å². The normalized spacial score (nSPS) is 10.7. The van der Waals surface area contributed by atoms with Crippen LogP contribution < -0.4 is 5.73 Å². The van der Waals surface area contributed by atoms with Gasteiger partial charge in [-0.2, -0.15) is 0 Å². The Kier molecular flexibility index (Phi) is 3.25. The maximum atomic E-state index is 6.28. The number of nitrogens with two attached hydrogens (primary N) is 1. The minimum Gasteiger partial charge on any atom is -0.383 e. The fraction of sp³-hybridized carbons (Fsp3) is 0.118.